The van der Waals surface area contributed by atoms with Crippen LogP contribution in [0.4, 0.5) is 0 Å². The molecule has 9 nitrogen and oxygen atoms in total. The van der Waals surface area contributed by atoms with Crippen LogP contribution in [0.5, 0.6) is 0 Å². The molecule has 11 heteroatoms. The summed E-state index contributed by atoms with van der Waals surface area (Å²) in [6.07, 6.45) is 139. The van der Waals surface area contributed by atoms with Crippen LogP contribution in [0.3, 0.4) is 0 Å². The maximum absolute atomic E-state index is 10.3. The Bertz CT molecular complexity index is 1670. The number of hydrogen-bond acceptors (Lipinski definition) is 8. The van der Waals surface area contributed by atoms with Crippen molar-refractivity contribution < 1.29 is 45.1 Å². The number of carbonyl (C=O) groups excluding carboxylic acids is 4. The van der Waals surface area contributed by atoms with Crippen LogP contribution in [0.2, 0.25) is 17.7 Å². The summed E-state index contributed by atoms with van der Waals surface area (Å²) in [7, 11) is 0. The fourth-order valence-corrected chi connectivity index (χ4v) is 24.9. The maximum atomic E-state index is 10.3. The van der Waals surface area contributed by atoms with E-state index in [0.29, 0.717) is 0 Å². The molecule has 0 aromatic rings. The van der Waals surface area contributed by atoms with E-state index in [4.69, 9.17) is 0 Å². The van der Waals surface area contributed by atoms with Crippen molar-refractivity contribution in [3.05, 3.63) is 0 Å². The quantitative estimate of drug-likeness (QED) is 0.0424. The molecule has 0 unspecified atom stereocenters. The molecule has 0 saturated heterocycles. The molecule has 0 spiro atoms. The fraction of sp³-hybridized carbons (Fsp3) is 0.967. The van der Waals surface area contributed by atoms with Crippen molar-refractivity contribution in [3.8, 4) is 0 Å². The number of carboxylic acids is 4. The zero-order valence-electron chi connectivity index (χ0n) is 91.0. The van der Waals surface area contributed by atoms with E-state index in [9.17, 15) is 39.6 Å². The van der Waals surface area contributed by atoms with Crippen molar-refractivity contribution in [1.82, 2.24) is 0 Å². The van der Waals surface area contributed by atoms with Crippen LogP contribution in [-0.4, -0.2) is 66.2 Å². The summed E-state index contributed by atoms with van der Waals surface area (Å²) in [6, 6.07) is 0. The minimum Gasteiger partial charge on any atom is -2.00 e. The van der Waals surface area contributed by atoms with Crippen LogP contribution >= 0.6 is 0 Å². The molecule has 0 aliphatic rings. The zero-order valence-corrected chi connectivity index (χ0v) is 96.7. The monoisotopic (exact) mass is 2070 g/mol. The summed E-state index contributed by atoms with van der Waals surface area (Å²) in [4.78, 5) is 41.1. The minimum absolute atomic E-state index is 0. The third-order valence-corrected chi connectivity index (χ3v) is 34.8. The van der Waals surface area contributed by atoms with Gasteiger partial charge in [-0.3, -0.25) is 0 Å². The van der Waals surface area contributed by atoms with Gasteiger partial charge in [0, 0.05) is 23.9 Å². The summed E-state index contributed by atoms with van der Waals surface area (Å²) in [6.45, 7) is 18.3. The van der Waals surface area contributed by atoms with Crippen LogP contribution in [0, 0.1) is 0 Å². The molecule has 4 radical (unpaired) electrons. The van der Waals surface area contributed by atoms with Crippen molar-refractivity contribution in [2.45, 2.75) is 741 Å². The van der Waals surface area contributed by atoms with Gasteiger partial charge < -0.3 is 45.1 Å². The Labute approximate surface area is 845 Å². The number of carbonyl (C=O) groups is 4. The van der Waals surface area contributed by atoms with Crippen LogP contribution in [-0.2, 0) is 24.7 Å². The molecule has 0 aromatic carbocycles. The van der Waals surface area contributed by atoms with E-state index in [1.54, 1.807) is 43.4 Å². The first-order chi connectivity index (χ1) is 63.9. The Morgan fingerprint density at radius 3 is 0.267 bits per heavy atom. The first-order valence-electron chi connectivity index (χ1n) is 60.1. The first kappa shape index (κ1) is 143. The average Bonchev–Trinajstić information content (AvgIpc) is 0.983. The van der Waals surface area contributed by atoms with Crippen molar-refractivity contribution in [3.63, 3.8) is 0 Å². The Hall–Kier alpha value is -0.563. The average molecular weight is 2060 g/mol. The van der Waals surface area contributed by atoms with Gasteiger partial charge in [-0.1, -0.05) is 490 Å². The molecule has 0 heterocycles. The third-order valence-electron chi connectivity index (χ3n) is 26.8. The first-order valence-corrected chi connectivity index (χ1v) is 68.2. The van der Waals surface area contributed by atoms with E-state index >= 15 is 0 Å². The second kappa shape index (κ2) is 145. The Balaban J connectivity index is -0.000000283. The summed E-state index contributed by atoms with van der Waals surface area (Å²) >= 11 is 0.147. The van der Waals surface area contributed by atoms with Crippen LogP contribution in [0.15, 0.2) is 0 Å². The van der Waals surface area contributed by atoms with Gasteiger partial charge >= 0.3 is 242 Å². The van der Waals surface area contributed by atoms with Gasteiger partial charge in [-0.25, -0.2) is 0 Å². The molecular formula is C120H240O9Sn2-6. The molecule has 0 saturated carbocycles. The smallest absolute Gasteiger partial charge is 2.00 e. The van der Waals surface area contributed by atoms with E-state index in [1.807, 2.05) is 0 Å². The summed E-state index contributed by atoms with van der Waals surface area (Å²) < 4.78 is 6.63. The summed E-state index contributed by atoms with van der Waals surface area (Å²) in [5.41, 5.74) is 0. The molecule has 0 rings (SSSR count). The van der Waals surface area contributed by atoms with Crippen molar-refractivity contribution in [1.29, 1.82) is 0 Å². The summed E-state index contributed by atoms with van der Waals surface area (Å²) in [5, 5.41) is 41.1. The van der Waals surface area contributed by atoms with E-state index < -0.39 is 23.9 Å². The van der Waals surface area contributed by atoms with Gasteiger partial charge in [-0.2, -0.15) is 0 Å². The predicted octanol–water partition coefficient (Wildman–Crippen LogP) is 38.6. The Kier molecular flexibility index (Phi) is 159. The van der Waals surface area contributed by atoms with Crippen LogP contribution in [0.1, 0.15) is 723 Å². The molecule has 0 bridgehead atoms. The largest absolute Gasteiger partial charge is 2.00 e. The normalized spacial score (nSPS) is 10.9. The molecule has 0 aliphatic heterocycles. The topological polar surface area (TPSA) is 189 Å². The van der Waals surface area contributed by atoms with E-state index in [2.05, 4.69) is 55.4 Å². The zero-order chi connectivity index (χ0) is 96.1. The molecule has 0 atom stereocenters. The van der Waals surface area contributed by atoms with Crippen LogP contribution < -0.4 is 20.4 Å². The fourth-order valence-electron chi connectivity index (χ4n) is 17.8. The third kappa shape index (κ3) is 169. The summed E-state index contributed by atoms with van der Waals surface area (Å²) in [5.74, 6) is -3.60. The van der Waals surface area contributed by atoms with Gasteiger partial charge in [-0.05, 0) is 51.4 Å². The molecule has 0 fully saturated rings. The number of aliphatic carboxylic acids is 4. The molecule has 0 N–H and O–H groups in total. The van der Waals surface area contributed by atoms with Crippen molar-refractivity contribution in [2.24, 2.45) is 0 Å². The van der Waals surface area contributed by atoms with Gasteiger partial charge in [-0.15, -0.1) is 0 Å². The molecular weight excluding hydrogens is 1820 g/mol. The molecule has 0 amide bonds. The van der Waals surface area contributed by atoms with Gasteiger partial charge in [0.2, 0.25) is 0 Å². The Morgan fingerprint density at radius 2 is 0.191 bits per heavy atom. The maximum Gasteiger partial charge on any atom is -2.00 e. The molecule has 0 aliphatic carbocycles. The van der Waals surface area contributed by atoms with E-state index in [0.717, 1.165) is 51.4 Å². The molecule has 788 valence electrons. The van der Waals surface area contributed by atoms with Gasteiger partial charge in [0.1, 0.15) is 0 Å². The number of unbranched alkanes of at least 4 members (excludes halogenated alkanes) is 92. The second-order valence-electron chi connectivity index (χ2n) is 40.5. The van der Waals surface area contributed by atoms with Crippen molar-refractivity contribution in [2.75, 3.05) is 0 Å². The van der Waals surface area contributed by atoms with Gasteiger partial charge in [0.15, 0.2) is 0 Å². The van der Waals surface area contributed by atoms with Crippen LogP contribution in [0.25, 0.3) is 0 Å². The number of carboxylic acid groups (broad SMARTS) is 4. The molecule has 131 heavy (non-hydrogen) atoms. The number of hydrogen-bond donors (Lipinski definition) is 0. The van der Waals surface area contributed by atoms with Gasteiger partial charge in [0.05, 0.1) is 0 Å². The Morgan fingerprint density at radius 1 is 0.122 bits per heavy atom. The van der Waals surface area contributed by atoms with E-state index in [-0.39, 0.29) is 73.4 Å². The minimum atomic E-state index is -0.901. The standard InChI is InChI=1S/4C22H44O2.4C8H17.O.2Sn/c4*1-2-3-4-5-6-7-8-9-10-11-12-13-14-15-16-17-18-19-20-21-22(23)24;4*1-3-5-7-8-6-4-2;;;/h4*2-21H2,1H3,(H,23,24);4*1,3-8H2,2H3;;;/q;;;;;;;;-2;;/p-4. The van der Waals surface area contributed by atoms with E-state index in [1.165, 1.54) is 565 Å². The molecule has 0 aromatic heterocycles. The second-order valence-corrected chi connectivity index (χ2v) is 49.1. The predicted molar refractivity (Wildman–Crippen MR) is 577 cm³/mol. The SMILES string of the molecule is CCCCCCCCCCCCCCCCCCCCCC(=O)[O-].CCCCCCCCCCCCCCCCCCCCCC(=O)[O-].CCCCCCCCCCCCCCCCCCCCCC(=O)[O-].CCCCCCCCCCCCCCCCCCCCCC(=O)[O-].CCCCCCC[CH2][Sn][CH2]CCCCCCC.CCCCCCC[CH2][Sn][CH2]CCCCCCC.[O-2]. The van der Waals surface area contributed by atoms with Crippen molar-refractivity contribution >= 4 is 66.2 Å². The number of rotatable bonds is 108. The van der Waals surface area contributed by atoms with Gasteiger partial charge in [0.25, 0.3) is 0 Å².